The first-order valence-corrected chi connectivity index (χ1v) is 13.2. The first-order chi connectivity index (χ1) is 16.0. The number of carbonyl (C=O) groups is 2. The Labute approximate surface area is 203 Å². The van der Waals surface area contributed by atoms with Crippen LogP contribution in [0.15, 0.2) is 59.5 Å². The third kappa shape index (κ3) is 5.85. The number of sulfone groups is 1. The first kappa shape index (κ1) is 25.9. The standard InChI is InChI=1S/C26H35N3O4S/c1-20(2)28(18-21-11-6-5-7-12-21)16-10-15-27-24(30)19-29-22-13-8-9-14-23(22)34(32,33)26(3,4)17-25(29)31/h5-9,11-14,20H,10,15-19H2,1-4H3,(H,27,30). The van der Waals surface area contributed by atoms with E-state index in [1.807, 2.05) is 18.2 Å². The van der Waals surface area contributed by atoms with Crippen LogP contribution in [-0.4, -0.2) is 55.6 Å². The summed E-state index contributed by atoms with van der Waals surface area (Å²) in [5, 5.41) is 2.89. The molecule has 0 radical (unpaired) electrons. The zero-order valence-corrected chi connectivity index (χ0v) is 21.3. The molecule has 0 aliphatic carbocycles. The average molecular weight is 486 g/mol. The van der Waals surface area contributed by atoms with Gasteiger partial charge in [0.05, 0.1) is 15.3 Å². The number of para-hydroxylation sites is 1. The SMILES string of the molecule is CC(C)N(CCCNC(=O)CN1C(=O)CC(C)(C)S(=O)(=O)c2ccccc21)Cc1ccccc1. The van der Waals surface area contributed by atoms with Crippen LogP contribution < -0.4 is 10.2 Å². The fourth-order valence-corrected chi connectivity index (χ4v) is 5.73. The molecule has 0 bridgehead atoms. The van der Waals surface area contributed by atoms with Gasteiger partial charge in [-0.15, -0.1) is 0 Å². The highest BCUT2D eigenvalue weighted by Gasteiger charge is 2.44. The molecule has 1 aliphatic heterocycles. The lowest BCUT2D eigenvalue weighted by Crippen LogP contribution is -2.43. The molecule has 8 heteroatoms. The van der Waals surface area contributed by atoms with E-state index in [0.717, 1.165) is 19.5 Å². The van der Waals surface area contributed by atoms with E-state index < -0.39 is 14.6 Å². The zero-order valence-electron chi connectivity index (χ0n) is 20.5. The largest absolute Gasteiger partial charge is 0.355 e. The minimum absolute atomic E-state index is 0.0899. The van der Waals surface area contributed by atoms with Crippen LogP contribution in [0.25, 0.3) is 0 Å². The molecule has 2 aromatic carbocycles. The summed E-state index contributed by atoms with van der Waals surface area (Å²) in [6.45, 7) is 9.34. The molecule has 2 amide bonds. The molecule has 0 saturated heterocycles. The van der Waals surface area contributed by atoms with Crippen molar-refractivity contribution in [2.75, 3.05) is 24.5 Å². The van der Waals surface area contributed by atoms with Crippen molar-refractivity contribution >= 4 is 27.3 Å². The molecule has 0 unspecified atom stereocenters. The van der Waals surface area contributed by atoms with E-state index in [-0.39, 0.29) is 35.4 Å². The minimum Gasteiger partial charge on any atom is -0.355 e. The van der Waals surface area contributed by atoms with Crippen LogP contribution in [0.2, 0.25) is 0 Å². The van der Waals surface area contributed by atoms with E-state index in [1.54, 1.807) is 32.0 Å². The number of hydrogen-bond acceptors (Lipinski definition) is 5. The first-order valence-electron chi connectivity index (χ1n) is 11.7. The van der Waals surface area contributed by atoms with Crippen molar-refractivity contribution in [1.29, 1.82) is 0 Å². The Kier molecular flexibility index (Phi) is 8.15. The maximum Gasteiger partial charge on any atom is 0.240 e. The highest BCUT2D eigenvalue weighted by Crippen LogP contribution is 2.38. The number of rotatable bonds is 9. The molecule has 34 heavy (non-hydrogen) atoms. The second-order valence-corrected chi connectivity index (χ2v) is 12.2. The molecule has 0 spiro atoms. The predicted molar refractivity (Wildman–Crippen MR) is 134 cm³/mol. The quantitative estimate of drug-likeness (QED) is 0.550. The van der Waals surface area contributed by atoms with Crippen LogP contribution in [0.1, 0.15) is 46.1 Å². The molecule has 1 aliphatic rings. The summed E-state index contributed by atoms with van der Waals surface area (Å²) in [6.07, 6.45) is 0.586. The van der Waals surface area contributed by atoms with Gasteiger partial charge in [-0.25, -0.2) is 8.42 Å². The molecule has 0 fully saturated rings. The monoisotopic (exact) mass is 485 g/mol. The van der Waals surface area contributed by atoms with Gasteiger partial charge in [0.15, 0.2) is 9.84 Å². The molecule has 0 atom stereocenters. The molecule has 3 rings (SSSR count). The van der Waals surface area contributed by atoms with Gasteiger partial charge in [-0.3, -0.25) is 14.5 Å². The number of fused-ring (bicyclic) bond motifs is 1. The summed E-state index contributed by atoms with van der Waals surface area (Å²) in [4.78, 5) is 29.4. The number of nitrogens with one attached hydrogen (secondary N) is 1. The third-order valence-corrected chi connectivity index (χ3v) is 8.78. The van der Waals surface area contributed by atoms with Gasteiger partial charge in [-0.2, -0.15) is 0 Å². The lowest BCUT2D eigenvalue weighted by molar-refractivity contribution is -0.124. The Morgan fingerprint density at radius 1 is 1.09 bits per heavy atom. The topological polar surface area (TPSA) is 86.8 Å². The van der Waals surface area contributed by atoms with Crippen LogP contribution in [0.3, 0.4) is 0 Å². The van der Waals surface area contributed by atoms with Gasteiger partial charge in [0.1, 0.15) is 6.54 Å². The predicted octanol–water partition coefficient (Wildman–Crippen LogP) is 3.39. The van der Waals surface area contributed by atoms with E-state index in [1.165, 1.54) is 16.5 Å². The Bertz CT molecular complexity index is 1110. The van der Waals surface area contributed by atoms with E-state index in [2.05, 4.69) is 36.2 Å². The minimum atomic E-state index is -3.72. The molecular weight excluding hydrogens is 450 g/mol. The fraction of sp³-hybridized carbons (Fsp3) is 0.462. The Balaban J connectivity index is 1.60. The van der Waals surface area contributed by atoms with Gasteiger partial charge in [0, 0.05) is 32.1 Å². The number of anilines is 1. The van der Waals surface area contributed by atoms with Crippen LogP contribution in [0, 0.1) is 0 Å². The van der Waals surface area contributed by atoms with Crippen LogP contribution >= 0.6 is 0 Å². The van der Waals surface area contributed by atoms with Gasteiger partial charge in [0.25, 0.3) is 0 Å². The molecule has 0 aromatic heterocycles. The molecule has 2 aromatic rings. The number of hydrogen-bond donors (Lipinski definition) is 1. The van der Waals surface area contributed by atoms with E-state index in [9.17, 15) is 18.0 Å². The summed E-state index contributed by atoms with van der Waals surface area (Å²) >= 11 is 0. The Morgan fingerprint density at radius 2 is 1.74 bits per heavy atom. The van der Waals surface area contributed by atoms with Crippen LogP contribution in [0.5, 0.6) is 0 Å². The molecular formula is C26H35N3O4S. The fourth-order valence-electron chi connectivity index (χ4n) is 4.11. The van der Waals surface area contributed by atoms with Crippen molar-refractivity contribution in [3.63, 3.8) is 0 Å². The summed E-state index contributed by atoms with van der Waals surface area (Å²) in [6, 6.07) is 17.0. The zero-order chi connectivity index (χ0) is 24.9. The van der Waals surface area contributed by atoms with Crippen molar-refractivity contribution in [3.05, 3.63) is 60.2 Å². The number of amides is 2. The Hall–Kier alpha value is -2.71. The van der Waals surface area contributed by atoms with Gasteiger partial charge in [-0.05, 0) is 51.8 Å². The van der Waals surface area contributed by atoms with Crippen molar-refractivity contribution in [2.24, 2.45) is 0 Å². The lowest BCUT2D eigenvalue weighted by Gasteiger charge is -2.27. The number of benzene rings is 2. The summed E-state index contributed by atoms with van der Waals surface area (Å²) < 4.78 is 25.0. The van der Waals surface area contributed by atoms with Crippen LogP contribution in [0.4, 0.5) is 5.69 Å². The summed E-state index contributed by atoms with van der Waals surface area (Å²) in [7, 11) is -3.72. The highest BCUT2D eigenvalue weighted by molar-refractivity contribution is 7.93. The van der Waals surface area contributed by atoms with Crippen molar-refractivity contribution in [3.8, 4) is 0 Å². The number of nitrogens with zero attached hydrogens (tertiary/aromatic N) is 2. The van der Waals surface area contributed by atoms with Crippen molar-refractivity contribution in [2.45, 2.75) is 62.8 Å². The molecule has 1 N–H and O–H groups in total. The molecule has 1 heterocycles. The van der Waals surface area contributed by atoms with Gasteiger partial charge in [0.2, 0.25) is 11.8 Å². The normalized spacial score (nSPS) is 16.9. The van der Waals surface area contributed by atoms with Crippen molar-refractivity contribution < 1.29 is 18.0 Å². The third-order valence-electron chi connectivity index (χ3n) is 6.26. The lowest BCUT2D eigenvalue weighted by atomic mass is 10.1. The van der Waals surface area contributed by atoms with E-state index in [4.69, 9.17) is 0 Å². The van der Waals surface area contributed by atoms with Gasteiger partial charge >= 0.3 is 0 Å². The van der Waals surface area contributed by atoms with Gasteiger partial charge in [-0.1, -0.05) is 42.5 Å². The molecule has 184 valence electrons. The van der Waals surface area contributed by atoms with E-state index in [0.29, 0.717) is 12.6 Å². The maximum atomic E-state index is 13.1. The summed E-state index contributed by atoms with van der Waals surface area (Å²) in [5.41, 5.74) is 1.51. The second kappa shape index (κ2) is 10.7. The Morgan fingerprint density at radius 3 is 2.41 bits per heavy atom. The number of carbonyl (C=O) groups excluding carboxylic acids is 2. The average Bonchev–Trinajstić information content (AvgIpc) is 2.84. The van der Waals surface area contributed by atoms with Crippen LogP contribution in [-0.2, 0) is 26.0 Å². The van der Waals surface area contributed by atoms with E-state index >= 15 is 0 Å². The highest BCUT2D eigenvalue weighted by atomic mass is 32.2. The molecule has 7 nitrogen and oxygen atoms in total. The van der Waals surface area contributed by atoms with Crippen molar-refractivity contribution in [1.82, 2.24) is 10.2 Å². The smallest absolute Gasteiger partial charge is 0.240 e. The molecule has 0 saturated carbocycles. The second-order valence-electron chi connectivity index (χ2n) is 9.64. The van der Waals surface area contributed by atoms with Gasteiger partial charge < -0.3 is 10.2 Å². The maximum absolute atomic E-state index is 13.1. The summed E-state index contributed by atoms with van der Waals surface area (Å²) in [5.74, 6) is -0.679.